The number of fused-ring (bicyclic) bond motifs is 2. The van der Waals surface area contributed by atoms with Crippen molar-refractivity contribution in [2.75, 3.05) is 18.5 Å². The van der Waals surface area contributed by atoms with Crippen LogP contribution in [-0.2, 0) is 16.1 Å². The third-order valence-electron chi connectivity index (χ3n) is 5.79. The second kappa shape index (κ2) is 10.5. The molecule has 174 valence electrons. The van der Waals surface area contributed by atoms with E-state index in [4.69, 9.17) is 33.7 Å². The average Bonchev–Trinajstić information content (AvgIpc) is 3.35. The van der Waals surface area contributed by atoms with E-state index in [9.17, 15) is 9.59 Å². The molecule has 33 heavy (non-hydrogen) atoms. The molecule has 4 N–H and O–H groups in total. The Kier molecular flexibility index (Phi) is 7.42. The van der Waals surface area contributed by atoms with Crippen molar-refractivity contribution >= 4 is 40.7 Å². The van der Waals surface area contributed by atoms with Crippen molar-refractivity contribution in [1.82, 2.24) is 10.2 Å². The first-order chi connectivity index (χ1) is 15.9. The zero-order valence-corrected chi connectivity index (χ0v) is 19.5. The molecule has 2 bridgehead atoms. The lowest BCUT2D eigenvalue weighted by molar-refractivity contribution is -0.123. The fraction of sp³-hybridized carbons (Fsp3) is 0.333. The van der Waals surface area contributed by atoms with Gasteiger partial charge in [-0.1, -0.05) is 35.3 Å². The third kappa shape index (κ3) is 5.99. The second-order valence-corrected chi connectivity index (χ2v) is 9.11. The number of benzene rings is 2. The maximum Gasteiger partial charge on any atom is 0.258 e. The smallest absolute Gasteiger partial charge is 0.258 e. The molecule has 2 aromatic carbocycles. The number of ether oxygens (including phenoxy) is 1. The standard InChI is InChI=1S/C24H26Cl2N4O3/c25-17-3-1-15(2-4-17)12-30-13-16-9-19(30)11-20(16)28-24(32)14-33-22-6-5-18(26)10-21(22)29-23(31)7-8-27/h1-6,10,13,19-20H,7-9,11-12,14,27H2,(H,28,32)(H,29,31)/t19-,20+/m0/s1. The Morgan fingerprint density at radius 3 is 2.55 bits per heavy atom. The molecule has 2 aliphatic rings. The molecule has 0 radical (unpaired) electrons. The van der Waals surface area contributed by atoms with Crippen LogP contribution < -0.4 is 21.1 Å². The van der Waals surface area contributed by atoms with Crippen molar-refractivity contribution in [3.05, 3.63) is 69.8 Å². The number of amides is 2. The zero-order chi connectivity index (χ0) is 23.4. The first-order valence-electron chi connectivity index (χ1n) is 10.8. The Morgan fingerprint density at radius 2 is 1.85 bits per heavy atom. The summed E-state index contributed by atoms with van der Waals surface area (Å²) in [6, 6.07) is 13.1. The van der Waals surface area contributed by atoms with Crippen LogP contribution in [0, 0.1) is 0 Å². The maximum atomic E-state index is 12.5. The summed E-state index contributed by atoms with van der Waals surface area (Å²) in [6.45, 7) is 0.898. The summed E-state index contributed by atoms with van der Waals surface area (Å²) in [6.07, 6.45) is 4.15. The van der Waals surface area contributed by atoms with Crippen LogP contribution in [0.3, 0.4) is 0 Å². The summed E-state index contributed by atoms with van der Waals surface area (Å²) in [5.41, 5.74) is 8.26. The van der Waals surface area contributed by atoms with Crippen molar-refractivity contribution in [2.24, 2.45) is 5.73 Å². The highest BCUT2D eigenvalue weighted by Gasteiger charge is 2.38. The van der Waals surface area contributed by atoms with Crippen LogP contribution in [0.25, 0.3) is 0 Å². The predicted molar refractivity (Wildman–Crippen MR) is 129 cm³/mol. The maximum absolute atomic E-state index is 12.5. The minimum atomic E-state index is -0.244. The van der Waals surface area contributed by atoms with Crippen LogP contribution in [0.4, 0.5) is 5.69 Å². The van der Waals surface area contributed by atoms with Crippen LogP contribution in [0.2, 0.25) is 10.0 Å². The summed E-state index contributed by atoms with van der Waals surface area (Å²) in [5, 5.41) is 6.96. The lowest BCUT2D eigenvalue weighted by Gasteiger charge is -2.28. The normalized spacial score (nSPS) is 18.8. The van der Waals surface area contributed by atoms with E-state index in [0.29, 0.717) is 22.5 Å². The van der Waals surface area contributed by atoms with E-state index in [1.54, 1.807) is 18.2 Å². The SMILES string of the molecule is NCCC(=O)Nc1cc(Cl)ccc1OCC(=O)N[C@@H]1C[C@@H]2CC1=CN2Cc1ccc(Cl)cc1. The molecule has 4 rings (SSSR count). The molecular weight excluding hydrogens is 463 g/mol. The molecule has 9 heteroatoms. The minimum Gasteiger partial charge on any atom is -0.482 e. The topological polar surface area (TPSA) is 96.7 Å². The minimum absolute atomic E-state index is 0.0153. The van der Waals surface area contributed by atoms with Crippen LogP contribution in [0.1, 0.15) is 24.8 Å². The third-order valence-corrected chi connectivity index (χ3v) is 6.27. The van der Waals surface area contributed by atoms with E-state index in [1.165, 1.54) is 11.1 Å². The number of hydrogen-bond donors (Lipinski definition) is 3. The number of nitrogens with two attached hydrogens (primary N) is 1. The molecule has 2 aromatic rings. The van der Waals surface area contributed by atoms with E-state index >= 15 is 0 Å². The Labute approximate surface area is 202 Å². The first-order valence-corrected chi connectivity index (χ1v) is 11.6. The number of nitrogens with zero attached hydrogens (tertiary/aromatic N) is 1. The molecule has 2 amide bonds. The molecular formula is C24H26Cl2N4O3. The van der Waals surface area contributed by atoms with E-state index in [1.807, 2.05) is 24.3 Å². The molecule has 1 aliphatic carbocycles. The van der Waals surface area contributed by atoms with Crippen LogP contribution in [0.5, 0.6) is 5.75 Å². The molecule has 0 saturated heterocycles. The Morgan fingerprint density at radius 1 is 1.09 bits per heavy atom. The van der Waals surface area contributed by atoms with Gasteiger partial charge in [0.15, 0.2) is 6.61 Å². The highest BCUT2D eigenvalue weighted by Crippen LogP contribution is 2.37. The predicted octanol–water partition coefficient (Wildman–Crippen LogP) is 3.71. The fourth-order valence-corrected chi connectivity index (χ4v) is 4.51. The quantitative estimate of drug-likeness (QED) is 0.499. The number of rotatable bonds is 9. The summed E-state index contributed by atoms with van der Waals surface area (Å²) in [4.78, 5) is 26.7. The summed E-state index contributed by atoms with van der Waals surface area (Å²) in [7, 11) is 0. The lowest BCUT2D eigenvalue weighted by atomic mass is 10.1. The molecule has 1 fully saturated rings. The van der Waals surface area contributed by atoms with Gasteiger partial charge in [0.25, 0.3) is 5.91 Å². The van der Waals surface area contributed by atoms with Crippen molar-refractivity contribution in [2.45, 2.75) is 37.9 Å². The van der Waals surface area contributed by atoms with Crippen LogP contribution >= 0.6 is 23.2 Å². The van der Waals surface area contributed by atoms with Gasteiger partial charge in [0.2, 0.25) is 5.91 Å². The van der Waals surface area contributed by atoms with Gasteiger partial charge < -0.3 is 26.0 Å². The number of halogens is 2. The Hall–Kier alpha value is -2.74. The number of hydrogen-bond acceptors (Lipinski definition) is 5. The van der Waals surface area contributed by atoms with Gasteiger partial charge in [-0.2, -0.15) is 0 Å². The Bertz CT molecular complexity index is 1060. The highest BCUT2D eigenvalue weighted by molar-refractivity contribution is 6.31. The highest BCUT2D eigenvalue weighted by atomic mass is 35.5. The number of carbonyl (C=O) groups excluding carboxylic acids is 2. The van der Waals surface area contributed by atoms with Crippen molar-refractivity contribution in [3.8, 4) is 5.75 Å². The molecule has 1 saturated carbocycles. The first kappa shape index (κ1) is 23.4. The molecule has 0 spiro atoms. The van der Waals surface area contributed by atoms with Gasteiger partial charge >= 0.3 is 0 Å². The van der Waals surface area contributed by atoms with Crippen LogP contribution in [0.15, 0.2) is 54.2 Å². The van der Waals surface area contributed by atoms with E-state index in [-0.39, 0.29) is 37.4 Å². The van der Waals surface area contributed by atoms with Crippen molar-refractivity contribution in [1.29, 1.82) is 0 Å². The second-order valence-electron chi connectivity index (χ2n) is 8.23. The van der Waals surface area contributed by atoms with Crippen molar-refractivity contribution in [3.63, 3.8) is 0 Å². The summed E-state index contributed by atoms with van der Waals surface area (Å²) >= 11 is 12.0. The van der Waals surface area contributed by atoms with E-state index in [2.05, 4.69) is 21.7 Å². The Balaban J connectivity index is 1.30. The van der Waals surface area contributed by atoms with Gasteiger partial charge in [0.05, 0.1) is 11.7 Å². The molecule has 1 heterocycles. The monoisotopic (exact) mass is 488 g/mol. The number of anilines is 1. The molecule has 2 atom stereocenters. The van der Waals surface area contributed by atoms with Gasteiger partial charge in [-0.25, -0.2) is 0 Å². The van der Waals surface area contributed by atoms with Crippen molar-refractivity contribution < 1.29 is 14.3 Å². The van der Waals surface area contributed by atoms with E-state index < -0.39 is 0 Å². The molecule has 0 aromatic heterocycles. The average molecular weight is 489 g/mol. The molecule has 1 aliphatic heterocycles. The van der Waals surface area contributed by atoms with Gasteiger partial charge in [0, 0.05) is 41.8 Å². The van der Waals surface area contributed by atoms with Gasteiger partial charge in [-0.3, -0.25) is 9.59 Å². The largest absolute Gasteiger partial charge is 0.482 e. The fourth-order valence-electron chi connectivity index (χ4n) is 4.21. The molecule has 7 nitrogen and oxygen atoms in total. The number of nitrogens with one attached hydrogen (secondary N) is 2. The van der Waals surface area contributed by atoms with Gasteiger partial charge in [-0.15, -0.1) is 0 Å². The number of carbonyl (C=O) groups is 2. The summed E-state index contributed by atoms with van der Waals surface area (Å²) in [5.74, 6) is -0.0840. The lowest BCUT2D eigenvalue weighted by Crippen LogP contribution is -2.41. The van der Waals surface area contributed by atoms with Gasteiger partial charge in [-0.05, 0) is 54.3 Å². The van der Waals surface area contributed by atoms with Crippen LogP contribution in [-0.4, -0.2) is 41.9 Å². The van der Waals surface area contributed by atoms with Gasteiger partial charge in [0.1, 0.15) is 5.75 Å². The zero-order valence-electron chi connectivity index (χ0n) is 18.0. The summed E-state index contributed by atoms with van der Waals surface area (Å²) < 4.78 is 5.68. The molecule has 0 unspecified atom stereocenters. The van der Waals surface area contributed by atoms with E-state index in [0.717, 1.165) is 24.4 Å².